The molecule has 2 heterocycles. The summed E-state index contributed by atoms with van der Waals surface area (Å²) in [6, 6.07) is 8.03. The van der Waals surface area contributed by atoms with Crippen LogP contribution in [0.1, 0.15) is 33.9 Å². The van der Waals surface area contributed by atoms with Gasteiger partial charge in [0.2, 0.25) is 0 Å². The van der Waals surface area contributed by atoms with E-state index in [1.165, 1.54) is 0 Å². The van der Waals surface area contributed by atoms with Crippen LogP contribution >= 0.6 is 0 Å². The van der Waals surface area contributed by atoms with Gasteiger partial charge in [0.05, 0.1) is 5.69 Å². The molecule has 2 aromatic rings. The van der Waals surface area contributed by atoms with Gasteiger partial charge in [0.25, 0.3) is 5.91 Å². The van der Waals surface area contributed by atoms with Crippen LogP contribution in [0.25, 0.3) is 0 Å². The van der Waals surface area contributed by atoms with Crippen molar-refractivity contribution in [1.29, 1.82) is 0 Å². The number of carbonyl (C=O) groups excluding carboxylic acids is 1. The number of nitrogens with one attached hydrogen (secondary N) is 1. The smallest absolute Gasteiger partial charge is 0.251 e. The lowest BCUT2D eigenvalue weighted by Gasteiger charge is -2.24. The zero-order chi connectivity index (χ0) is 16.4. The zero-order valence-corrected chi connectivity index (χ0v) is 14.0. The highest BCUT2D eigenvalue weighted by atomic mass is 16.1. The minimum atomic E-state index is 0.0101. The molecule has 1 aliphatic heterocycles. The zero-order valence-electron chi connectivity index (χ0n) is 14.0. The highest BCUT2D eigenvalue weighted by molar-refractivity contribution is 5.94. The van der Waals surface area contributed by atoms with Crippen LogP contribution < -0.4 is 5.32 Å². The van der Waals surface area contributed by atoms with Gasteiger partial charge in [0.15, 0.2) is 0 Å². The summed E-state index contributed by atoms with van der Waals surface area (Å²) in [5, 5.41) is 3.16. The van der Waals surface area contributed by atoms with E-state index < -0.39 is 0 Å². The molecule has 0 spiro atoms. The molecule has 5 nitrogen and oxygen atoms in total. The van der Waals surface area contributed by atoms with Crippen LogP contribution in [0.3, 0.4) is 0 Å². The lowest BCUT2D eigenvalue weighted by Crippen LogP contribution is -2.40. The molecule has 122 valence electrons. The Morgan fingerprint density at radius 1 is 1.43 bits per heavy atom. The number of benzene rings is 1. The van der Waals surface area contributed by atoms with E-state index in [0.717, 1.165) is 48.6 Å². The lowest BCUT2D eigenvalue weighted by molar-refractivity contribution is 0.0927. The van der Waals surface area contributed by atoms with Crippen LogP contribution in [-0.4, -0.2) is 40.5 Å². The van der Waals surface area contributed by atoms with Crippen molar-refractivity contribution in [1.82, 2.24) is 19.8 Å². The summed E-state index contributed by atoms with van der Waals surface area (Å²) in [7, 11) is 4.05. The molecule has 1 atom stereocenters. The molecule has 5 heteroatoms. The minimum Gasteiger partial charge on any atom is -0.347 e. The maximum absolute atomic E-state index is 12.5. The number of carbonyl (C=O) groups is 1. The number of aromatic nitrogens is 2. The molecule has 1 aromatic heterocycles. The number of hydrogen-bond acceptors (Lipinski definition) is 3. The number of imidazole rings is 1. The molecule has 3 rings (SSSR count). The van der Waals surface area contributed by atoms with Crippen LogP contribution in [0, 0.1) is 6.92 Å². The predicted molar refractivity (Wildman–Crippen MR) is 90.4 cm³/mol. The maximum Gasteiger partial charge on any atom is 0.251 e. The molecule has 0 radical (unpaired) electrons. The van der Waals surface area contributed by atoms with Gasteiger partial charge in [-0.2, -0.15) is 0 Å². The molecule has 23 heavy (non-hydrogen) atoms. The molecule has 0 saturated heterocycles. The molecule has 0 fully saturated rings. The van der Waals surface area contributed by atoms with Gasteiger partial charge in [0.1, 0.15) is 5.82 Å². The van der Waals surface area contributed by atoms with Crippen LogP contribution in [-0.2, 0) is 19.5 Å². The van der Waals surface area contributed by atoms with Crippen LogP contribution in [0.4, 0.5) is 0 Å². The monoisotopic (exact) mass is 312 g/mol. The van der Waals surface area contributed by atoms with E-state index >= 15 is 0 Å². The number of hydrogen-bond donors (Lipinski definition) is 1. The summed E-state index contributed by atoms with van der Waals surface area (Å²) in [4.78, 5) is 19.1. The van der Waals surface area contributed by atoms with E-state index in [1.807, 2.05) is 39.2 Å². The first kappa shape index (κ1) is 15.7. The van der Waals surface area contributed by atoms with E-state index in [0.29, 0.717) is 0 Å². The van der Waals surface area contributed by atoms with E-state index in [2.05, 4.69) is 32.0 Å². The summed E-state index contributed by atoms with van der Waals surface area (Å²) >= 11 is 0. The van der Waals surface area contributed by atoms with E-state index in [4.69, 9.17) is 0 Å². The first-order valence-corrected chi connectivity index (χ1v) is 8.08. The molecular formula is C18H24N4O. The first-order valence-electron chi connectivity index (χ1n) is 8.08. The SMILES string of the molecule is Cc1cn2c(n1)CC[C@@H](NC(=O)c1cccc(CN(C)C)c1)C2. The van der Waals surface area contributed by atoms with Crippen molar-refractivity contribution in [3.63, 3.8) is 0 Å². The second-order valence-electron chi connectivity index (χ2n) is 6.60. The Balaban J connectivity index is 1.65. The van der Waals surface area contributed by atoms with Gasteiger partial charge in [-0.1, -0.05) is 12.1 Å². The van der Waals surface area contributed by atoms with Crippen LogP contribution in [0.5, 0.6) is 0 Å². The van der Waals surface area contributed by atoms with E-state index in [1.54, 1.807) is 0 Å². The van der Waals surface area contributed by atoms with Crippen LogP contribution in [0.2, 0.25) is 0 Å². The summed E-state index contributed by atoms with van der Waals surface area (Å²) in [6.07, 6.45) is 3.92. The largest absolute Gasteiger partial charge is 0.347 e. The van der Waals surface area contributed by atoms with Gasteiger partial charge in [-0.3, -0.25) is 4.79 Å². The minimum absolute atomic E-state index is 0.0101. The summed E-state index contributed by atoms with van der Waals surface area (Å²) in [6.45, 7) is 3.65. The standard InChI is InChI=1S/C18H24N4O/c1-13-10-22-12-16(7-8-17(22)19-13)20-18(23)15-6-4-5-14(9-15)11-21(2)3/h4-6,9-10,16H,7-8,11-12H2,1-3H3,(H,20,23)/t16-/m1/s1. The summed E-state index contributed by atoms with van der Waals surface area (Å²) in [5.74, 6) is 1.14. The number of aryl methyl sites for hydroxylation is 2. The predicted octanol–water partition coefficient (Wildman–Crippen LogP) is 2.00. The topological polar surface area (TPSA) is 50.2 Å². The third-order valence-corrected chi connectivity index (χ3v) is 4.14. The lowest BCUT2D eigenvalue weighted by atomic mass is 10.1. The molecule has 0 aliphatic carbocycles. The fourth-order valence-corrected chi connectivity index (χ4v) is 3.15. The summed E-state index contributed by atoms with van der Waals surface area (Å²) < 4.78 is 2.16. The quantitative estimate of drug-likeness (QED) is 0.939. The fourth-order valence-electron chi connectivity index (χ4n) is 3.15. The van der Waals surface area contributed by atoms with E-state index in [9.17, 15) is 4.79 Å². The second-order valence-corrected chi connectivity index (χ2v) is 6.60. The van der Waals surface area contributed by atoms with Crippen molar-refractivity contribution in [2.45, 2.75) is 38.9 Å². The van der Waals surface area contributed by atoms with E-state index in [-0.39, 0.29) is 11.9 Å². The van der Waals surface area contributed by atoms with Gasteiger partial charge in [0, 0.05) is 37.3 Å². The van der Waals surface area contributed by atoms with Crippen molar-refractivity contribution < 1.29 is 4.79 Å². The fraction of sp³-hybridized carbons (Fsp3) is 0.444. The van der Waals surface area contributed by atoms with Crippen molar-refractivity contribution in [2.24, 2.45) is 0 Å². The first-order chi connectivity index (χ1) is 11.0. The highest BCUT2D eigenvalue weighted by Gasteiger charge is 2.21. The van der Waals surface area contributed by atoms with Gasteiger partial charge >= 0.3 is 0 Å². The van der Waals surface area contributed by atoms with Gasteiger partial charge in [-0.05, 0) is 45.1 Å². The number of amides is 1. The van der Waals surface area contributed by atoms with Crippen LogP contribution in [0.15, 0.2) is 30.5 Å². The Morgan fingerprint density at radius 2 is 2.26 bits per heavy atom. The normalized spacial score (nSPS) is 17.1. The van der Waals surface area contributed by atoms with Gasteiger partial charge < -0.3 is 14.8 Å². The molecular weight excluding hydrogens is 288 g/mol. The Morgan fingerprint density at radius 3 is 3.04 bits per heavy atom. The summed E-state index contributed by atoms with van der Waals surface area (Å²) in [5.41, 5.74) is 2.93. The Labute approximate surface area is 137 Å². The maximum atomic E-state index is 12.5. The molecule has 1 aromatic carbocycles. The number of nitrogens with zero attached hydrogens (tertiary/aromatic N) is 3. The average Bonchev–Trinajstić information content (AvgIpc) is 2.86. The third kappa shape index (κ3) is 3.79. The van der Waals surface area contributed by atoms with Crippen molar-refractivity contribution in [3.05, 3.63) is 53.1 Å². The third-order valence-electron chi connectivity index (χ3n) is 4.14. The Hall–Kier alpha value is -2.14. The van der Waals surface area contributed by atoms with Crippen molar-refractivity contribution >= 4 is 5.91 Å². The average molecular weight is 312 g/mol. The number of rotatable bonds is 4. The van der Waals surface area contributed by atoms with Gasteiger partial charge in [-0.25, -0.2) is 4.98 Å². The Bertz CT molecular complexity index is 705. The Kier molecular flexibility index (Phi) is 4.48. The molecule has 0 unspecified atom stereocenters. The highest BCUT2D eigenvalue weighted by Crippen LogP contribution is 2.16. The van der Waals surface area contributed by atoms with Gasteiger partial charge in [-0.15, -0.1) is 0 Å². The molecule has 1 N–H and O–H groups in total. The van der Waals surface area contributed by atoms with Crippen molar-refractivity contribution in [3.8, 4) is 0 Å². The molecule has 1 aliphatic rings. The number of fused-ring (bicyclic) bond motifs is 1. The van der Waals surface area contributed by atoms with Crippen molar-refractivity contribution in [2.75, 3.05) is 14.1 Å². The molecule has 0 saturated carbocycles. The molecule has 0 bridgehead atoms. The second kappa shape index (κ2) is 6.54. The molecule has 1 amide bonds.